The molecular weight excluding hydrogens is 829 g/mol. The number of nitriles is 1. The molecule has 5 aliphatic rings. The molecule has 2 saturated heterocycles. The van der Waals surface area contributed by atoms with Gasteiger partial charge in [0, 0.05) is 79.1 Å². The van der Waals surface area contributed by atoms with Crippen LogP contribution in [-0.2, 0) is 14.3 Å². The summed E-state index contributed by atoms with van der Waals surface area (Å²) in [6.45, 7) is 15.5. The van der Waals surface area contributed by atoms with Gasteiger partial charge < -0.3 is 34.1 Å². The van der Waals surface area contributed by atoms with Crippen LogP contribution in [0.5, 0.6) is 17.2 Å². The summed E-state index contributed by atoms with van der Waals surface area (Å²) in [4.78, 5) is 70.0. The highest BCUT2D eigenvalue weighted by Crippen LogP contribution is 2.55. The first-order chi connectivity index (χ1) is 30.9. The second kappa shape index (κ2) is 17.8. The van der Waals surface area contributed by atoms with Crippen LogP contribution in [0.1, 0.15) is 114 Å². The van der Waals surface area contributed by atoms with Crippen molar-refractivity contribution in [2.45, 2.75) is 117 Å². The van der Waals surface area contributed by atoms with Crippen molar-refractivity contribution >= 4 is 35.2 Å². The van der Waals surface area contributed by atoms with Crippen LogP contribution in [0.3, 0.4) is 0 Å². The Morgan fingerprint density at radius 1 is 0.892 bits per heavy atom. The first kappa shape index (κ1) is 45.6. The second-order valence-corrected chi connectivity index (χ2v) is 19.5. The Kier molecular flexibility index (Phi) is 12.5. The average molecular weight is 889 g/mol. The topological polar surface area (TPSA) is 180 Å². The van der Waals surface area contributed by atoms with Crippen LogP contribution < -0.4 is 29.7 Å². The molecule has 0 spiro atoms. The number of rotatable bonds is 14. The van der Waals surface area contributed by atoms with E-state index < -0.39 is 29.7 Å². The first-order valence-corrected chi connectivity index (χ1v) is 22.7. The van der Waals surface area contributed by atoms with Crippen LogP contribution in [0.2, 0.25) is 0 Å². The second-order valence-electron chi connectivity index (χ2n) is 19.5. The molecule has 3 heterocycles. The Morgan fingerprint density at radius 2 is 1.54 bits per heavy atom. The maximum atomic E-state index is 13.6. The number of nitrogens with one attached hydrogen (secondary N) is 2. The number of likely N-dealkylation sites (N-methyl/N-ethyl adjacent to an activating group) is 1. The van der Waals surface area contributed by atoms with E-state index in [1.54, 1.807) is 12.1 Å². The summed E-state index contributed by atoms with van der Waals surface area (Å²) < 4.78 is 24.6. The summed E-state index contributed by atoms with van der Waals surface area (Å²) in [5, 5.41) is 15.0. The number of carbonyl (C=O) groups excluding carboxylic acids is 5. The number of aryl methyl sites for hydroxylation is 2. The van der Waals surface area contributed by atoms with E-state index in [2.05, 4.69) is 61.2 Å². The quantitative estimate of drug-likeness (QED) is 0.188. The van der Waals surface area contributed by atoms with Crippen molar-refractivity contribution in [3.05, 3.63) is 81.9 Å². The van der Waals surface area contributed by atoms with Gasteiger partial charge >= 0.3 is 0 Å². The highest BCUT2D eigenvalue weighted by molar-refractivity contribution is 6.24. The van der Waals surface area contributed by atoms with Gasteiger partial charge in [-0.2, -0.15) is 5.26 Å². The van der Waals surface area contributed by atoms with Gasteiger partial charge in [0.25, 0.3) is 17.7 Å². The van der Waals surface area contributed by atoms with E-state index in [1.807, 2.05) is 50.2 Å². The van der Waals surface area contributed by atoms with E-state index in [0.29, 0.717) is 29.5 Å². The van der Waals surface area contributed by atoms with Crippen molar-refractivity contribution in [3.8, 4) is 23.3 Å². The minimum Gasteiger partial charge on any atom is -0.496 e. The summed E-state index contributed by atoms with van der Waals surface area (Å²) in [7, 11) is 3.50. The number of carbonyl (C=O) groups is 5. The number of fused-ring (bicyclic) bond motifs is 1. The number of hydrogen-bond acceptors (Lipinski definition) is 12. The number of methoxy groups -OCH3 is 1. The highest BCUT2D eigenvalue weighted by atomic mass is 16.5. The molecule has 2 aliphatic carbocycles. The maximum absolute atomic E-state index is 13.6. The first-order valence-electron chi connectivity index (χ1n) is 22.7. The smallest absolute Gasteiger partial charge is 0.266 e. The molecule has 0 aromatic heterocycles. The number of hydrogen-bond donors (Lipinski definition) is 2. The summed E-state index contributed by atoms with van der Waals surface area (Å²) in [6, 6.07) is 16.3. The largest absolute Gasteiger partial charge is 0.496 e. The Morgan fingerprint density at radius 3 is 2.15 bits per heavy atom. The van der Waals surface area contributed by atoms with E-state index in [1.165, 1.54) is 7.11 Å². The average Bonchev–Trinajstić information content (AvgIpc) is 3.50. The third-order valence-electron chi connectivity index (χ3n) is 14.4. The molecule has 5 amide bonds. The number of nitrogens with zero attached hydrogens (tertiary/aromatic N) is 4. The van der Waals surface area contributed by atoms with Gasteiger partial charge in [-0.25, -0.2) is 0 Å². The zero-order chi connectivity index (χ0) is 46.5. The van der Waals surface area contributed by atoms with Gasteiger partial charge in [-0.05, 0) is 93.7 Å². The molecule has 344 valence electrons. The SMILES string of the molecule is COc1cc(OC2CC(N(C)CCOC3CCN(c4ccc(C(=O)NC5C(C)(C)C(Oc6cc(C)c(C#N)c(C)c6)C5(C)C)cc4)CC3)C2)cc2c1C(=O)N([C@@H]1CCC(=O)NC1=O)C2=O. The molecule has 8 rings (SSSR count). The molecule has 1 atom stereocenters. The fraction of sp³-hybridized carbons (Fsp3) is 0.520. The van der Waals surface area contributed by atoms with Crippen LogP contribution in [0.15, 0.2) is 48.5 Å². The summed E-state index contributed by atoms with van der Waals surface area (Å²) in [5.41, 5.74) is 3.72. The van der Waals surface area contributed by atoms with E-state index in [0.717, 1.165) is 72.8 Å². The molecule has 3 aromatic carbocycles. The zero-order valence-electron chi connectivity index (χ0n) is 38.6. The normalized spacial score (nSPS) is 24.7. The van der Waals surface area contributed by atoms with Crippen molar-refractivity contribution in [3.63, 3.8) is 0 Å². The van der Waals surface area contributed by atoms with Gasteiger partial charge in [-0.15, -0.1) is 0 Å². The number of anilines is 1. The predicted molar refractivity (Wildman–Crippen MR) is 241 cm³/mol. The summed E-state index contributed by atoms with van der Waals surface area (Å²) in [5.74, 6) is -1.08. The van der Waals surface area contributed by atoms with Gasteiger partial charge in [0.05, 0.1) is 42.6 Å². The van der Waals surface area contributed by atoms with E-state index in [-0.39, 0.29) is 70.8 Å². The third kappa shape index (κ3) is 8.66. The van der Waals surface area contributed by atoms with Gasteiger partial charge in [0.15, 0.2) is 0 Å². The van der Waals surface area contributed by atoms with Crippen molar-refractivity contribution in [2.24, 2.45) is 10.8 Å². The zero-order valence-corrected chi connectivity index (χ0v) is 38.6. The van der Waals surface area contributed by atoms with Crippen LogP contribution in [0, 0.1) is 36.0 Å². The summed E-state index contributed by atoms with van der Waals surface area (Å²) >= 11 is 0. The minimum absolute atomic E-state index is 0.0427. The lowest BCUT2D eigenvalue weighted by Crippen LogP contribution is -2.74. The molecule has 15 nitrogen and oxygen atoms in total. The van der Waals surface area contributed by atoms with Crippen LogP contribution in [-0.4, -0.2) is 116 Å². The van der Waals surface area contributed by atoms with Gasteiger partial charge in [0.2, 0.25) is 11.8 Å². The fourth-order valence-electron chi connectivity index (χ4n) is 10.9. The molecule has 15 heteroatoms. The maximum Gasteiger partial charge on any atom is 0.266 e. The van der Waals surface area contributed by atoms with Crippen LogP contribution >= 0.6 is 0 Å². The molecule has 2 saturated carbocycles. The van der Waals surface area contributed by atoms with E-state index in [4.69, 9.17) is 18.9 Å². The Bertz CT molecular complexity index is 2390. The van der Waals surface area contributed by atoms with Crippen molar-refractivity contribution in [1.82, 2.24) is 20.4 Å². The number of benzene rings is 3. The molecule has 2 N–H and O–H groups in total. The standard InChI is InChI=1S/C50H60N6O9/c1-28-21-34(22-29(2)38(28)27-51)65-48-49(3,4)47(50(48,5)6)53-43(58)30-9-11-31(12-10-30)55-17-15-33(16-18-55)63-20-19-54(7)32-23-35(24-32)64-36-25-37-42(40(26-36)62-8)46(61)56(45(37)60)39-13-14-41(57)52-44(39)59/h9-12,21-22,25-26,32-33,35,39,47-48H,13-20,23-24H2,1-8H3,(H,53,58)(H,52,57,59)/t32?,35?,39-,47?,48?/m1/s1. The van der Waals surface area contributed by atoms with Gasteiger partial charge in [0.1, 0.15) is 35.5 Å². The Labute approximate surface area is 380 Å². The van der Waals surface area contributed by atoms with Crippen molar-refractivity contribution in [2.75, 3.05) is 45.3 Å². The number of piperidine rings is 2. The molecule has 0 unspecified atom stereocenters. The monoisotopic (exact) mass is 888 g/mol. The number of imide groups is 2. The lowest BCUT2D eigenvalue weighted by molar-refractivity contribution is -0.164. The molecule has 3 aromatic rings. The Balaban J connectivity index is 0.751. The molecule has 0 bridgehead atoms. The molecular formula is C50H60N6O9. The molecule has 0 radical (unpaired) electrons. The van der Waals surface area contributed by atoms with E-state index >= 15 is 0 Å². The van der Waals surface area contributed by atoms with Gasteiger partial charge in [-0.1, -0.05) is 27.7 Å². The Hall–Kier alpha value is -5.98. The number of ether oxygens (including phenoxy) is 4. The predicted octanol–water partition coefficient (Wildman–Crippen LogP) is 5.72. The van der Waals surface area contributed by atoms with Crippen LogP contribution in [0.25, 0.3) is 0 Å². The van der Waals surface area contributed by atoms with E-state index in [9.17, 15) is 29.2 Å². The van der Waals surface area contributed by atoms with Crippen molar-refractivity contribution in [1.29, 1.82) is 5.26 Å². The minimum atomic E-state index is -1.06. The fourth-order valence-corrected chi connectivity index (χ4v) is 10.9. The number of amides is 5. The summed E-state index contributed by atoms with van der Waals surface area (Å²) in [6.07, 6.45) is 3.46. The molecule has 65 heavy (non-hydrogen) atoms. The lowest BCUT2D eigenvalue weighted by Gasteiger charge is -2.63. The highest BCUT2D eigenvalue weighted by Gasteiger charge is 2.64. The lowest BCUT2D eigenvalue weighted by atomic mass is 9.49. The third-order valence-corrected chi connectivity index (χ3v) is 14.4. The van der Waals surface area contributed by atoms with Crippen molar-refractivity contribution < 1.29 is 42.9 Å². The molecule has 3 aliphatic heterocycles. The van der Waals surface area contributed by atoms with Crippen LogP contribution in [0.4, 0.5) is 5.69 Å². The van der Waals surface area contributed by atoms with Gasteiger partial charge in [-0.3, -0.25) is 34.2 Å². The molecule has 4 fully saturated rings.